The average molecular weight is 284 g/mol. The SMILES string of the molecule is CC(C)C1CN(Cc2ccccc2)CC1C(=O)O.Cl. The molecule has 2 unspecified atom stereocenters. The molecule has 0 saturated carbocycles. The van der Waals surface area contributed by atoms with Crippen LogP contribution in [0.3, 0.4) is 0 Å². The van der Waals surface area contributed by atoms with Gasteiger partial charge in [-0.25, -0.2) is 0 Å². The van der Waals surface area contributed by atoms with Gasteiger partial charge < -0.3 is 5.11 Å². The minimum absolute atomic E-state index is 0. The third-order valence-corrected chi connectivity index (χ3v) is 3.86. The van der Waals surface area contributed by atoms with Gasteiger partial charge in [-0.3, -0.25) is 9.69 Å². The molecule has 1 aliphatic rings. The summed E-state index contributed by atoms with van der Waals surface area (Å²) in [5.74, 6) is -0.170. The van der Waals surface area contributed by atoms with Crippen molar-refractivity contribution in [3.05, 3.63) is 35.9 Å². The molecule has 1 aromatic carbocycles. The van der Waals surface area contributed by atoms with Gasteiger partial charge in [-0.2, -0.15) is 0 Å². The van der Waals surface area contributed by atoms with Gasteiger partial charge in [-0.15, -0.1) is 12.4 Å². The summed E-state index contributed by atoms with van der Waals surface area (Å²) in [5, 5.41) is 9.29. The van der Waals surface area contributed by atoms with Crippen LogP contribution in [-0.4, -0.2) is 29.1 Å². The lowest BCUT2D eigenvalue weighted by molar-refractivity contribution is -0.143. The maximum Gasteiger partial charge on any atom is 0.308 e. The Bertz CT molecular complexity index is 408. The van der Waals surface area contributed by atoms with E-state index in [0.29, 0.717) is 12.5 Å². The predicted octanol–water partition coefficient (Wildman–Crippen LogP) is 2.90. The molecule has 1 aromatic rings. The van der Waals surface area contributed by atoms with Gasteiger partial charge in [0.05, 0.1) is 5.92 Å². The Hall–Kier alpha value is -1.06. The van der Waals surface area contributed by atoms with Crippen LogP contribution in [0.5, 0.6) is 0 Å². The van der Waals surface area contributed by atoms with Gasteiger partial charge in [-0.1, -0.05) is 44.2 Å². The fraction of sp³-hybridized carbons (Fsp3) is 0.533. The molecular formula is C15H22ClNO2. The molecule has 1 saturated heterocycles. The molecular weight excluding hydrogens is 262 g/mol. The second-order valence-corrected chi connectivity index (χ2v) is 5.53. The molecule has 1 heterocycles. The Morgan fingerprint density at radius 3 is 2.42 bits per heavy atom. The van der Waals surface area contributed by atoms with Crippen molar-refractivity contribution in [1.82, 2.24) is 4.90 Å². The molecule has 106 valence electrons. The van der Waals surface area contributed by atoms with E-state index in [2.05, 4.69) is 30.9 Å². The van der Waals surface area contributed by atoms with Crippen molar-refractivity contribution in [2.24, 2.45) is 17.8 Å². The van der Waals surface area contributed by atoms with E-state index in [1.807, 2.05) is 18.2 Å². The van der Waals surface area contributed by atoms with Crippen LogP contribution in [-0.2, 0) is 11.3 Å². The zero-order valence-corrected chi connectivity index (χ0v) is 12.3. The maximum atomic E-state index is 11.3. The number of benzene rings is 1. The summed E-state index contributed by atoms with van der Waals surface area (Å²) in [7, 11) is 0. The molecule has 3 nitrogen and oxygen atoms in total. The molecule has 0 bridgehead atoms. The van der Waals surface area contributed by atoms with Crippen molar-refractivity contribution in [3.8, 4) is 0 Å². The number of nitrogens with zero attached hydrogens (tertiary/aromatic N) is 1. The highest BCUT2D eigenvalue weighted by atomic mass is 35.5. The Labute approximate surface area is 121 Å². The number of halogens is 1. The van der Waals surface area contributed by atoms with E-state index >= 15 is 0 Å². The first kappa shape index (κ1) is 16.0. The van der Waals surface area contributed by atoms with Crippen molar-refractivity contribution in [1.29, 1.82) is 0 Å². The first-order chi connectivity index (χ1) is 8.58. The zero-order chi connectivity index (χ0) is 13.1. The fourth-order valence-electron chi connectivity index (χ4n) is 2.82. The minimum Gasteiger partial charge on any atom is -0.481 e. The molecule has 0 aliphatic carbocycles. The first-order valence-corrected chi connectivity index (χ1v) is 6.57. The van der Waals surface area contributed by atoms with Crippen LogP contribution in [0.15, 0.2) is 30.3 Å². The average Bonchev–Trinajstić information content (AvgIpc) is 2.74. The van der Waals surface area contributed by atoms with Crippen LogP contribution < -0.4 is 0 Å². The zero-order valence-electron chi connectivity index (χ0n) is 11.5. The lowest BCUT2D eigenvalue weighted by Crippen LogP contribution is -2.25. The number of carbonyl (C=O) groups is 1. The van der Waals surface area contributed by atoms with Gasteiger partial charge in [-0.05, 0) is 17.4 Å². The molecule has 2 atom stereocenters. The fourth-order valence-corrected chi connectivity index (χ4v) is 2.82. The number of likely N-dealkylation sites (tertiary alicyclic amines) is 1. The summed E-state index contributed by atoms with van der Waals surface area (Å²) in [6.45, 7) is 6.66. The molecule has 0 spiro atoms. The monoisotopic (exact) mass is 283 g/mol. The smallest absolute Gasteiger partial charge is 0.308 e. The number of hydrogen-bond acceptors (Lipinski definition) is 2. The van der Waals surface area contributed by atoms with Crippen molar-refractivity contribution >= 4 is 18.4 Å². The van der Waals surface area contributed by atoms with Crippen molar-refractivity contribution in [3.63, 3.8) is 0 Å². The summed E-state index contributed by atoms with van der Waals surface area (Å²) in [5.41, 5.74) is 1.26. The van der Waals surface area contributed by atoms with E-state index in [4.69, 9.17) is 0 Å². The van der Waals surface area contributed by atoms with Gasteiger partial charge >= 0.3 is 5.97 Å². The first-order valence-electron chi connectivity index (χ1n) is 6.57. The number of carboxylic acid groups (broad SMARTS) is 1. The molecule has 0 aromatic heterocycles. The van der Waals surface area contributed by atoms with Gasteiger partial charge in [0.1, 0.15) is 0 Å². The van der Waals surface area contributed by atoms with Crippen LogP contribution in [0.4, 0.5) is 0 Å². The molecule has 19 heavy (non-hydrogen) atoms. The summed E-state index contributed by atoms with van der Waals surface area (Å²) in [6.07, 6.45) is 0. The van der Waals surface area contributed by atoms with E-state index in [-0.39, 0.29) is 24.2 Å². The summed E-state index contributed by atoms with van der Waals surface area (Å²) >= 11 is 0. The molecule has 2 rings (SSSR count). The van der Waals surface area contributed by atoms with Crippen LogP contribution in [0, 0.1) is 17.8 Å². The number of aliphatic carboxylic acids is 1. The van der Waals surface area contributed by atoms with Crippen LogP contribution in [0.1, 0.15) is 19.4 Å². The number of rotatable bonds is 4. The Morgan fingerprint density at radius 2 is 1.95 bits per heavy atom. The Balaban J connectivity index is 0.00000180. The van der Waals surface area contributed by atoms with Crippen molar-refractivity contribution in [2.75, 3.05) is 13.1 Å². The molecule has 1 fully saturated rings. The Morgan fingerprint density at radius 1 is 1.32 bits per heavy atom. The second kappa shape index (κ2) is 6.92. The topological polar surface area (TPSA) is 40.5 Å². The van der Waals surface area contributed by atoms with E-state index in [9.17, 15) is 9.90 Å². The van der Waals surface area contributed by atoms with Crippen LogP contribution >= 0.6 is 12.4 Å². The maximum absolute atomic E-state index is 11.3. The largest absolute Gasteiger partial charge is 0.481 e. The highest BCUT2D eigenvalue weighted by Crippen LogP contribution is 2.30. The van der Waals surface area contributed by atoms with E-state index in [1.54, 1.807) is 0 Å². The molecule has 0 amide bonds. The van der Waals surface area contributed by atoms with Gasteiger partial charge in [0.2, 0.25) is 0 Å². The number of carboxylic acids is 1. The van der Waals surface area contributed by atoms with Crippen molar-refractivity contribution < 1.29 is 9.90 Å². The predicted molar refractivity (Wildman–Crippen MR) is 78.4 cm³/mol. The molecule has 1 aliphatic heterocycles. The minimum atomic E-state index is -0.649. The van der Waals surface area contributed by atoms with Crippen LogP contribution in [0.2, 0.25) is 0 Å². The highest BCUT2D eigenvalue weighted by molar-refractivity contribution is 5.85. The van der Waals surface area contributed by atoms with Gasteiger partial charge in [0.25, 0.3) is 0 Å². The van der Waals surface area contributed by atoms with Gasteiger partial charge in [0.15, 0.2) is 0 Å². The third kappa shape index (κ3) is 3.95. The summed E-state index contributed by atoms with van der Waals surface area (Å²) in [6, 6.07) is 10.3. The summed E-state index contributed by atoms with van der Waals surface area (Å²) < 4.78 is 0. The van der Waals surface area contributed by atoms with Gasteiger partial charge in [0, 0.05) is 19.6 Å². The second-order valence-electron chi connectivity index (χ2n) is 5.53. The molecule has 1 N–H and O–H groups in total. The van der Waals surface area contributed by atoms with Crippen LogP contribution in [0.25, 0.3) is 0 Å². The standard InChI is InChI=1S/C15H21NO2.ClH/c1-11(2)13-9-16(10-14(13)15(17)18)8-12-6-4-3-5-7-12;/h3-7,11,13-14H,8-10H2,1-2H3,(H,17,18);1H. The van der Waals surface area contributed by atoms with E-state index < -0.39 is 5.97 Å². The highest BCUT2D eigenvalue weighted by Gasteiger charge is 2.38. The summed E-state index contributed by atoms with van der Waals surface area (Å²) in [4.78, 5) is 13.6. The quantitative estimate of drug-likeness (QED) is 0.924. The third-order valence-electron chi connectivity index (χ3n) is 3.86. The Kier molecular flexibility index (Phi) is 5.83. The number of hydrogen-bond donors (Lipinski definition) is 1. The van der Waals surface area contributed by atoms with E-state index in [1.165, 1.54) is 5.56 Å². The molecule has 4 heteroatoms. The lowest BCUT2D eigenvalue weighted by Gasteiger charge is -2.18. The molecule has 0 radical (unpaired) electrons. The normalized spacial score (nSPS) is 23.3. The van der Waals surface area contributed by atoms with E-state index in [0.717, 1.165) is 13.1 Å². The lowest BCUT2D eigenvalue weighted by atomic mass is 9.86. The van der Waals surface area contributed by atoms with Crippen molar-refractivity contribution in [2.45, 2.75) is 20.4 Å².